The molecule has 0 aliphatic rings. The van der Waals surface area contributed by atoms with Crippen LogP contribution in [0.25, 0.3) is 0 Å². The molecule has 14 heavy (non-hydrogen) atoms. The second-order valence-corrected chi connectivity index (χ2v) is 4.92. The number of rotatable bonds is 7. The minimum atomic E-state index is 0.519. The third-order valence-electron chi connectivity index (χ3n) is 4.16. The summed E-state index contributed by atoms with van der Waals surface area (Å²) in [5.74, 6) is 2.48. The van der Waals surface area contributed by atoms with Crippen molar-refractivity contribution in [1.82, 2.24) is 0 Å². The van der Waals surface area contributed by atoms with Crippen molar-refractivity contribution in [3.05, 3.63) is 5.92 Å². The van der Waals surface area contributed by atoms with Crippen LogP contribution in [0.15, 0.2) is 0 Å². The third-order valence-corrected chi connectivity index (χ3v) is 4.16. The van der Waals surface area contributed by atoms with Crippen LogP contribution in [-0.2, 0) is 0 Å². The van der Waals surface area contributed by atoms with E-state index in [0.29, 0.717) is 5.41 Å². The summed E-state index contributed by atoms with van der Waals surface area (Å²) in [6.07, 6.45) is 6.71. The molecule has 0 fully saturated rings. The lowest BCUT2D eigenvalue weighted by atomic mass is 9.63. The first kappa shape index (κ1) is 13.9. The predicted octanol–water partition coefficient (Wildman–Crippen LogP) is 5.23. The zero-order valence-corrected chi connectivity index (χ0v) is 11.1. The first-order chi connectivity index (χ1) is 6.55. The lowest BCUT2D eigenvalue weighted by Crippen LogP contribution is -2.32. The summed E-state index contributed by atoms with van der Waals surface area (Å²) in [5.41, 5.74) is 0.519. The second kappa shape index (κ2) is 6.37. The van der Waals surface area contributed by atoms with Gasteiger partial charge in [-0.2, -0.15) is 0 Å². The Labute approximate surface area is 91.5 Å². The normalized spacial score (nSPS) is 17.6. The highest BCUT2D eigenvalue weighted by Crippen LogP contribution is 2.46. The van der Waals surface area contributed by atoms with Gasteiger partial charge in [-0.25, -0.2) is 0 Å². The molecular weight excluding hydrogens is 168 g/mol. The van der Waals surface area contributed by atoms with Crippen molar-refractivity contribution in [3.8, 4) is 0 Å². The standard InChI is InChI=1S/C14H29/c1-7-10-11-14(9-3,12(4)5)13(6)8-2/h13H,7-11H2,1-6H3/q+1. The molecule has 0 saturated heterocycles. The van der Waals surface area contributed by atoms with Gasteiger partial charge >= 0.3 is 0 Å². The first-order valence-electron chi connectivity index (χ1n) is 6.35. The molecule has 0 aliphatic carbocycles. The van der Waals surface area contributed by atoms with Crippen LogP contribution in [0.1, 0.15) is 73.6 Å². The van der Waals surface area contributed by atoms with E-state index >= 15 is 0 Å². The number of unbranched alkanes of at least 4 members (excludes halogenated alkanes) is 1. The average molecular weight is 197 g/mol. The van der Waals surface area contributed by atoms with Crippen LogP contribution in [-0.4, -0.2) is 0 Å². The Morgan fingerprint density at radius 3 is 2.00 bits per heavy atom. The topological polar surface area (TPSA) is 0 Å². The van der Waals surface area contributed by atoms with Crippen LogP contribution in [0.2, 0.25) is 0 Å². The number of hydrogen-bond acceptors (Lipinski definition) is 0. The molecule has 0 bridgehead atoms. The zero-order valence-electron chi connectivity index (χ0n) is 11.1. The Balaban J connectivity index is 4.60. The Bertz CT molecular complexity index is 137. The lowest BCUT2D eigenvalue weighted by molar-refractivity contribution is 0.158. The molecule has 0 amide bonds. The van der Waals surface area contributed by atoms with Crippen LogP contribution in [0.4, 0.5) is 0 Å². The van der Waals surface area contributed by atoms with E-state index in [1.165, 1.54) is 32.1 Å². The van der Waals surface area contributed by atoms with Crippen LogP contribution in [0, 0.1) is 17.3 Å². The predicted molar refractivity (Wildman–Crippen MR) is 66.3 cm³/mol. The molecule has 2 unspecified atom stereocenters. The van der Waals surface area contributed by atoms with Crippen molar-refractivity contribution in [3.63, 3.8) is 0 Å². The van der Waals surface area contributed by atoms with Gasteiger partial charge in [-0.15, -0.1) is 0 Å². The molecule has 0 nitrogen and oxygen atoms in total. The van der Waals surface area contributed by atoms with Crippen molar-refractivity contribution in [1.29, 1.82) is 0 Å². The van der Waals surface area contributed by atoms with Crippen LogP contribution in [0.3, 0.4) is 0 Å². The van der Waals surface area contributed by atoms with Gasteiger partial charge in [0, 0.05) is 5.92 Å². The third kappa shape index (κ3) is 2.93. The van der Waals surface area contributed by atoms with Gasteiger partial charge in [-0.1, -0.05) is 34.1 Å². The maximum atomic E-state index is 2.42. The van der Waals surface area contributed by atoms with E-state index in [1.807, 2.05) is 0 Å². The van der Waals surface area contributed by atoms with Crippen molar-refractivity contribution in [2.75, 3.05) is 0 Å². The molecule has 0 aromatic carbocycles. The van der Waals surface area contributed by atoms with Crippen LogP contribution < -0.4 is 0 Å². The fourth-order valence-electron chi connectivity index (χ4n) is 2.75. The summed E-state index contributed by atoms with van der Waals surface area (Å²) < 4.78 is 0. The summed E-state index contributed by atoms with van der Waals surface area (Å²) in [6.45, 7) is 14.0. The van der Waals surface area contributed by atoms with Crippen molar-refractivity contribution >= 4 is 0 Å². The molecule has 2 atom stereocenters. The summed E-state index contributed by atoms with van der Waals surface area (Å²) in [4.78, 5) is 0. The first-order valence-corrected chi connectivity index (χ1v) is 6.35. The Morgan fingerprint density at radius 1 is 1.14 bits per heavy atom. The molecule has 0 saturated carbocycles. The quantitative estimate of drug-likeness (QED) is 0.490. The van der Waals surface area contributed by atoms with E-state index < -0.39 is 0 Å². The van der Waals surface area contributed by atoms with E-state index in [0.717, 1.165) is 5.92 Å². The highest BCUT2D eigenvalue weighted by Gasteiger charge is 2.44. The smallest absolute Gasteiger partial charge is 0.0654 e. The van der Waals surface area contributed by atoms with Crippen molar-refractivity contribution in [2.24, 2.45) is 11.3 Å². The van der Waals surface area contributed by atoms with Gasteiger partial charge in [-0.3, -0.25) is 0 Å². The van der Waals surface area contributed by atoms with Crippen molar-refractivity contribution < 1.29 is 0 Å². The van der Waals surface area contributed by atoms with E-state index in [1.54, 1.807) is 5.92 Å². The van der Waals surface area contributed by atoms with Gasteiger partial charge < -0.3 is 0 Å². The summed E-state index contributed by atoms with van der Waals surface area (Å²) in [7, 11) is 0. The molecule has 0 heteroatoms. The Kier molecular flexibility index (Phi) is 6.31. The van der Waals surface area contributed by atoms with Crippen molar-refractivity contribution in [2.45, 2.75) is 73.6 Å². The summed E-state index contributed by atoms with van der Waals surface area (Å²) in [6, 6.07) is 0. The minimum Gasteiger partial charge on any atom is -0.0654 e. The molecule has 0 aromatic rings. The van der Waals surface area contributed by atoms with E-state index in [4.69, 9.17) is 0 Å². The maximum Gasteiger partial charge on any atom is 0.112 e. The number of hydrogen-bond donors (Lipinski definition) is 0. The fraction of sp³-hybridized carbons (Fsp3) is 0.929. The molecular formula is C14H29+. The van der Waals surface area contributed by atoms with Gasteiger partial charge in [0.1, 0.15) is 5.41 Å². The van der Waals surface area contributed by atoms with E-state index in [-0.39, 0.29) is 0 Å². The fourth-order valence-corrected chi connectivity index (χ4v) is 2.75. The Morgan fingerprint density at radius 2 is 1.71 bits per heavy atom. The zero-order chi connectivity index (χ0) is 11.2. The monoisotopic (exact) mass is 197 g/mol. The van der Waals surface area contributed by atoms with Gasteiger partial charge in [0.05, 0.1) is 19.8 Å². The lowest BCUT2D eigenvalue weighted by Gasteiger charge is -2.34. The molecule has 84 valence electrons. The SMILES string of the molecule is CCCCC(CC)([C+](C)C)C(C)CC. The maximum absolute atomic E-state index is 2.42. The minimum absolute atomic E-state index is 0.519. The highest BCUT2D eigenvalue weighted by atomic mass is 14.4. The highest BCUT2D eigenvalue weighted by molar-refractivity contribution is 5.02. The molecule has 0 aliphatic heterocycles. The molecule has 0 radical (unpaired) electrons. The molecule has 0 rings (SSSR count). The van der Waals surface area contributed by atoms with E-state index in [9.17, 15) is 0 Å². The molecule has 0 aromatic heterocycles. The van der Waals surface area contributed by atoms with E-state index in [2.05, 4.69) is 41.5 Å². The molecule has 0 heterocycles. The summed E-state index contributed by atoms with van der Waals surface area (Å²) in [5, 5.41) is 0. The second-order valence-electron chi connectivity index (χ2n) is 4.92. The van der Waals surface area contributed by atoms with Crippen LogP contribution >= 0.6 is 0 Å². The molecule has 0 spiro atoms. The van der Waals surface area contributed by atoms with Gasteiger partial charge in [0.2, 0.25) is 0 Å². The average Bonchev–Trinajstić information content (AvgIpc) is 2.18. The molecule has 0 N–H and O–H groups in total. The van der Waals surface area contributed by atoms with Gasteiger partial charge in [0.25, 0.3) is 0 Å². The van der Waals surface area contributed by atoms with Crippen LogP contribution in [0.5, 0.6) is 0 Å². The summed E-state index contributed by atoms with van der Waals surface area (Å²) >= 11 is 0. The largest absolute Gasteiger partial charge is 0.112 e. The van der Waals surface area contributed by atoms with Gasteiger partial charge in [0.15, 0.2) is 0 Å². The van der Waals surface area contributed by atoms with Gasteiger partial charge in [-0.05, 0) is 25.7 Å². The Hall–Kier alpha value is -0.130.